The average Bonchev–Trinajstić information content (AvgIpc) is 3.09. The Bertz CT molecular complexity index is 884. The van der Waals surface area contributed by atoms with Crippen LogP contribution in [0.2, 0.25) is 0 Å². The lowest BCUT2D eigenvalue weighted by atomic mass is 10.1. The highest BCUT2D eigenvalue weighted by Gasteiger charge is 2.18. The summed E-state index contributed by atoms with van der Waals surface area (Å²) in [5, 5.41) is 2.80. The molecule has 0 saturated carbocycles. The van der Waals surface area contributed by atoms with Gasteiger partial charge in [-0.25, -0.2) is 0 Å². The van der Waals surface area contributed by atoms with Crippen LogP contribution >= 0.6 is 0 Å². The molecule has 0 unspecified atom stereocenters. The number of methoxy groups -OCH3 is 1. The zero-order valence-electron chi connectivity index (χ0n) is 15.7. The second kappa shape index (κ2) is 8.73. The van der Waals surface area contributed by atoms with Gasteiger partial charge in [0.05, 0.1) is 7.11 Å². The molecule has 2 aromatic carbocycles. The molecular weight excluding hydrogens is 366 g/mol. The number of amides is 1. The first-order valence-corrected chi connectivity index (χ1v) is 9.00. The van der Waals surface area contributed by atoms with Crippen LogP contribution in [-0.4, -0.2) is 32.7 Å². The minimum Gasteiger partial charge on any atom is -0.493 e. The second-order valence-corrected chi connectivity index (χ2v) is 6.25. The Morgan fingerprint density at radius 3 is 2.86 bits per heavy atom. The molecule has 1 heterocycles. The van der Waals surface area contributed by atoms with E-state index < -0.39 is 6.61 Å². The molecule has 0 radical (unpaired) electrons. The highest BCUT2D eigenvalue weighted by atomic mass is 19.3. The minimum atomic E-state index is -3.00. The summed E-state index contributed by atoms with van der Waals surface area (Å²) in [4.78, 5) is 14.5. The van der Waals surface area contributed by atoms with E-state index in [1.807, 2.05) is 18.2 Å². The minimum absolute atomic E-state index is 0.111. The first kappa shape index (κ1) is 19.7. The quantitative estimate of drug-likeness (QED) is 0.718. The van der Waals surface area contributed by atoms with E-state index in [-0.39, 0.29) is 17.4 Å². The monoisotopic (exact) mass is 388 g/mol. The van der Waals surface area contributed by atoms with Crippen molar-refractivity contribution in [2.45, 2.75) is 20.0 Å². The summed E-state index contributed by atoms with van der Waals surface area (Å²) in [6.07, 6.45) is 3.69. The van der Waals surface area contributed by atoms with Crippen molar-refractivity contribution in [1.29, 1.82) is 0 Å². The number of carbonyl (C=O) groups excluding carboxylic acids is 1. The van der Waals surface area contributed by atoms with Crippen LogP contribution in [0.15, 0.2) is 42.5 Å². The number of benzene rings is 2. The lowest BCUT2D eigenvalue weighted by molar-refractivity contribution is -0.111. The summed E-state index contributed by atoms with van der Waals surface area (Å²) < 4.78 is 35.0. The Hall–Kier alpha value is -3.09. The van der Waals surface area contributed by atoms with Crippen LogP contribution < -0.4 is 19.7 Å². The molecule has 1 amide bonds. The van der Waals surface area contributed by atoms with Crippen molar-refractivity contribution in [3.63, 3.8) is 0 Å². The normalized spacial score (nSPS) is 13.1. The van der Waals surface area contributed by atoms with Gasteiger partial charge in [-0.1, -0.05) is 18.2 Å². The third-order valence-corrected chi connectivity index (χ3v) is 4.58. The molecule has 0 aliphatic carbocycles. The first-order chi connectivity index (χ1) is 13.5. The van der Waals surface area contributed by atoms with Crippen molar-refractivity contribution in [3.8, 4) is 11.5 Å². The zero-order chi connectivity index (χ0) is 20.1. The number of rotatable bonds is 7. The van der Waals surface area contributed by atoms with Gasteiger partial charge in [-0.15, -0.1) is 0 Å². The van der Waals surface area contributed by atoms with Crippen molar-refractivity contribution in [2.75, 3.05) is 30.4 Å². The molecule has 7 heteroatoms. The summed E-state index contributed by atoms with van der Waals surface area (Å²) in [5.41, 5.74) is 3.40. The van der Waals surface area contributed by atoms with Crippen molar-refractivity contribution >= 4 is 23.4 Å². The number of anilines is 2. The maximum absolute atomic E-state index is 12.7. The summed E-state index contributed by atoms with van der Waals surface area (Å²) >= 11 is 0. The van der Waals surface area contributed by atoms with Gasteiger partial charge in [0, 0.05) is 36.1 Å². The van der Waals surface area contributed by atoms with E-state index in [4.69, 9.17) is 4.74 Å². The molecule has 1 aliphatic heterocycles. The molecule has 0 aromatic heterocycles. The van der Waals surface area contributed by atoms with Crippen LogP contribution in [0.1, 0.15) is 18.1 Å². The van der Waals surface area contributed by atoms with Crippen LogP contribution in [0.3, 0.4) is 0 Å². The van der Waals surface area contributed by atoms with Gasteiger partial charge in [-0.05, 0) is 43.2 Å². The van der Waals surface area contributed by atoms with E-state index in [1.54, 1.807) is 12.1 Å². The molecule has 0 fully saturated rings. The molecule has 28 heavy (non-hydrogen) atoms. The largest absolute Gasteiger partial charge is 0.493 e. The Labute approximate surface area is 162 Å². The van der Waals surface area contributed by atoms with Gasteiger partial charge < -0.3 is 19.7 Å². The number of likely N-dealkylation sites (N-methyl/N-ethyl adjacent to an activating group) is 1. The Balaban J connectivity index is 1.75. The third-order valence-electron chi connectivity index (χ3n) is 4.58. The first-order valence-electron chi connectivity index (χ1n) is 9.00. The molecule has 1 N–H and O–H groups in total. The Morgan fingerprint density at radius 1 is 1.32 bits per heavy atom. The molecule has 5 nitrogen and oxygen atoms in total. The van der Waals surface area contributed by atoms with Gasteiger partial charge in [-0.3, -0.25) is 4.79 Å². The third kappa shape index (κ3) is 4.42. The van der Waals surface area contributed by atoms with Crippen LogP contribution in [0.5, 0.6) is 11.5 Å². The summed E-state index contributed by atoms with van der Waals surface area (Å²) in [7, 11) is 1.36. The fourth-order valence-electron chi connectivity index (χ4n) is 3.24. The topological polar surface area (TPSA) is 50.8 Å². The van der Waals surface area contributed by atoms with E-state index in [1.165, 1.54) is 30.9 Å². The molecule has 0 atom stereocenters. The molecule has 1 aliphatic rings. The summed E-state index contributed by atoms with van der Waals surface area (Å²) in [6, 6.07) is 10.5. The van der Waals surface area contributed by atoms with Crippen molar-refractivity contribution in [2.24, 2.45) is 0 Å². The number of fused-ring (bicyclic) bond motifs is 1. The lowest BCUT2D eigenvalue weighted by Crippen LogP contribution is -2.19. The van der Waals surface area contributed by atoms with Gasteiger partial charge >= 0.3 is 6.61 Å². The number of nitrogens with zero attached hydrogens (tertiary/aromatic N) is 1. The number of alkyl halides is 2. The molecule has 0 saturated heterocycles. The van der Waals surface area contributed by atoms with Crippen LogP contribution in [0, 0.1) is 0 Å². The summed E-state index contributed by atoms with van der Waals surface area (Å²) in [5.74, 6) is -0.312. The molecular formula is C21H22F2N2O3. The molecule has 148 valence electrons. The smallest absolute Gasteiger partial charge is 0.387 e. The van der Waals surface area contributed by atoms with E-state index >= 15 is 0 Å². The number of carbonyl (C=O) groups is 1. The molecule has 0 bridgehead atoms. The van der Waals surface area contributed by atoms with Crippen LogP contribution in [0.4, 0.5) is 20.2 Å². The van der Waals surface area contributed by atoms with Gasteiger partial charge in [0.15, 0.2) is 11.5 Å². The van der Waals surface area contributed by atoms with E-state index in [0.29, 0.717) is 11.3 Å². The van der Waals surface area contributed by atoms with E-state index in [9.17, 15) is 13.6 Å². The van der Waals surface area contributed by atoms with E-state index in [2.05, 4.69) is 21.9 Å². The fraction of sp³-hybridized carbons (Fsp3) is 0.286. The maximum Gasteiger partial charge on any atom is 0.387 e. The number of halogens is 2. The highest BCUT2D eigenvalue weighted by molar-refractivity contribution is 6.02. The predicted octanol–water partition coefficient (Wildman–Crippen LogP) is 4.33. The van der Waals surface area contributed by atoms with Gasteiger partial charge in [0.1, 0.15) is 0 Å². The van der Waals surface area contributed by atoms with Crippen molar-refractivity contribution in [3.05, 3.63) is 53.6 Å². The molecule has 2 aromatic rings. The molecule has 0 spiro atoms. The van der Waals surface area contributed by atoms with Gasteiger partial charge in [0.2, 0.25) is 5.91 Å². The Morgan fingerprint density at radius 2 is 2.14 bits per heavy atom. The van der Waals surface area contributed by atoms with Crippen molar-refractivity contribution < 1.29 is 23.0 Å². The zero-order valence-corrected chi connectivity index (χ0v) is 15.7. The number of hydrogen-bond acceptors (Lipinski definition) is 4. The van der Waals surface area contributed by atoms with Crippen LogP contribution in [-0.2, 0) is 11.2 Å². The highest BCUT2D eigenvalue weighted by Crippen LogP contribution is 2.33. The number of para-hydroxylation sites is 1. The SMILES string of the molecule is CCN1CCc2ccc(NC(=O)/C=C/c3cccc(OC)c3OC(F)F)cc21. The van der Waals surface area contributed by atoms with E-state index in [0.717, 1.165) is 25.2 Å². The molecule has 3 rings (SSSR count). The summed E-state index contributed by atoms with van der Waals surface area (Å²) in [6.45, 7) is 0.986. The Kier molecular flexibility index (Phi) is 6.13. The van der Waals surface area contributed by atoms with Crippen LogP contribution in [0.25, 0.3) is 6.08 Å². The fourth-order valence-corrected chi connectivity index (χ4v) is 3.24. The standard InChI is InChI=1S/C21H22F2N2O3/c1-3-25-12-11-14-7-9-16(13-17(14)25)24-19(26)10-8-15-5-4-6-18(27-2)20(15)28-21(22)23/h4-10,13,21H,3,11-12H2,1-2H3,(H,24,26)/b10-8+. The van der Waals surface area contributed by atoms with Gasteiger partial charge in [-0.2, -0.15) is 8.78 Å². The number of hydrogen-bond donors (Lipinski definition) is 1. The lowest BCUT2D eigenvalue weighted by Gasteiger charge is -2.17. The second-order valence-electron chi connectivity index (χ2n) is 6.25. The number of ether oxygens (including phenoxy) is 2. The van der Waals surface area contributed by atoms with Crippen molar-refractivity contribution in [1.82, 2.24) is 0 Å². The maximum atomic E-state index is 12.7. The average molecular weight is 388 g/mol. The number of nitrogens with one attached hydrogen (secondary N) is 1. The predicted molar refractivity (Wildman–Crippen MR) is 105 cm³/mol. The van der Waals surface area contributed by atoms with Gasteiger partial charge in [0.25, 0.3) is 0 Å².